The summed E-state index contributed by atoms with van der Waals surface area (Å²) >= 11 is 3.19. The van der Waals surface area contributed by atoms with Gasteiger partial charge in [0.15, 0.2) is 0 Å². The van der Waals surface area contributed by atoms with Gasteiger partial charge in [0.05, 0.1) is 18.1 Å². The molecule has 0 saturated carbocycles. The Morgan fingerprint density at radius 1 is 1.07 bits per heavy atom. The fourth-order valence-electron chi connectivity index (χ4n) is 3.34. The van der Waals surface area contributed by atoms with Crippen LogP contribution in [0, 0.1) is 0 Å². The Bertz CT molecular complexity index is 992. The van der Waals surface area contributed by atoms with Gasteiger partial charge in [0, 0.05) is 23.1 Å². The molecule has 0 aliphatic carbocycles. The van der Waals surface area contributed by atoms with Crippen molar-refractivity contribution in [3.05, 3.63) is 77.3 Å². The van der Waals surface area contributed by atoms with Crippen molar-refractivity contribution in [3.8, 4) is 10.6 Å². The first kappa shape index (κ1) is 20.6. The van der Waals surface area contributed by atoms with Gasteiger partial charge in [0.25, 0.3) is 0 Å². The Kier molecular flexibility index (Phi) is 6.81. The number of nitrogens with one attached hydrogen (secondary N) is 1. The molecule has 4 rings (SSSR count). The Balaban J connectivity index is 1.30. The maximum atomic E-state index is 12.7. The molecule has 1 N–H and O–H groups in total. The number of amides is 2. The summed E-state index contributed by atoms with van der Waals surface area (Å²) in [6, 6.07) is 19.5. The molecular weight excluding hydrogens is 414 g/mol. The van der Waals surface area contributed by atoms with E-state index < -0.39 is 6.04 Å². The molecule has 2 amide bonds. The molecule has 5 nitrogen and oxygen atoms in total. The SMILES string of the molecule is O=C(NCc1csc(-c2ccccc2)n1)[C@H]1CSCN1C(=O)CCc1ccccc1. The van der Waals surface area contributed by atoms with E-state index in [-0.39, 0.29) is 11.8 Å². The van der Waals surface area contributed by atoms with E-state index >= 15 is 0 Å². The van der Waals surface area contributed by atoms with Crippen molar-refractivity contribution in [1.29, 1.82) is 0 Å². The van der Waals surface area contributed by atoms with Gasteiger partial charge in [0.2, 0.25) is 11.8 Å². The number of benzene rings is 2. The monoisotopic (exact) mass is 437 g/mol. The van der Waals surface area contributed by atoms with Crippen LogP contribution in [0.1, 0.15) is 17.7 Å². The molecule has 1 atom stereocenters. The summed E-state index contributed by atoms with van der Waals surface area (Å²) in [7, 11) is 0. The summed E-state index contributed by atoms with van der Waals surface area (Å²) < 4.78 is 0. The van der Waals surface area contributed by atoms with Crippen molar-refractivity contribution in [2.75, 3.05) is 11.6 Å². The Hall–Kier alpha value is -2.64. The van der Waals surface area contributed by atoms with Crippen molar-refractivity contribution in [2.45, 2.75) is 25.4 Å². The van der Waals surface area contributed by atoms with E-state index in [9.17, 15) is 9.59 Å². The number of hydrogen-bond donors (Lipinski definition) is 1. The zero-order valence-corrected chi connectivity index (χ0v) is 18.1. The minimum Gasteiger partial charge on any atom is -0.349 e. The summed E-state index contributed by atoms with van der Waals surface area (Å²) in [6.07, 6.45) is 1.11. The lowest BCUT2D eigenvalue weighted by molar-refractivity contribution is -0.138. The molecule has 7 heteroatoms. The first-order valence-electron chi connectivity index (χ1n) is 9.89. The third kappa shape index (κ3) is 5.09. The van der Waals surface area contributed by atoms with Gasteiger partial charge in [0.1, 0.15) is 11.0 Å². The summed E-state index contributed by atoms with van der Waals surface area (Å²) in [5.41, 5.74) is 3.04. The molecule has 0 bridgehead atoms. The first-order valence-corrected chi connectivity index (χ1v) is 11.9. The van der Waals surface area contributed by atoms with E-state index in [1.54, 1.807) is 28.0 Å². The van der Waals surface area contributed by atoms with Crippen LogP contribution in [0.25, 0.3) is 10.6 Å². The van der Waals surface area contributed by atoms with Crippen molar-refractivity contribution in [2.24, 2.45) is 0 Å². The van der Waals surface area contributed by atoms with Crippen molar-refractivity contribution in [1.82, 2.24) is 15.2 Å². The molecule has 0 radical (unpaired) electrons. The average molecular weight is 438 g/mol. The van der Waals surface area contributed by atoms with Crippen LogP contribution in [0.15, 0.2) is 66.0 Å². The van der Waals surface area contributed by atoms with E-state index in [2.05, 4.69) is 10.3 Å². The Morgan fingerprint density at radius 2 is 1.80 bits per heavy atom. The number of aromatic nitrogens is 1. The quantitative estimate of drug-likeness (QED) is 0.608. The molecule has 0 unspecified atom stereocenters. The predicted octanol–water partition coefficient (Wildman–Crippen LogP) is 3.96. The molecular formula is C23H23N3O2S2. The molecule has 0 spiro atoms. The number of thiazole rings is 1. The van der Waals surface area contributed by atoms with Crippen LogP contribution >= 0.6 is 23.1 Å². The van der Waals surface area contributed by atoms with E-state index in [4.69, 9.17) is 0 Å². The van der Waals surface area contributed by atoms with Gasteiger partial charge in [-0.3, -0.25) is 9.59 Å². The molecule has 1 aliphatic heterocycles. The number of hydrogen-bond acceptors (Lipinski definition) is 5. The largest absolute Gasteiger partial charge is 0.349 e. The van der Waals surface area contributed by atoms with Crippen molar-refractivity contribution < 1.29 is 9.59 Å². The fraction of sp³-hybridized carbons (Fsp3) is 0.261. The molecule has 154 valence electrons. The number of nitrogens with zero attached hydrogens (tertiary/aromatic N) is 2. The van der Waals surface area contributed by atoms with E-state index in [0.29, 0.717) is 31.0 Å². The van der Waals surface area contributed by atoms with Gasteiger partial charge < -0.3 is 10.2 Å². The Labute approximate surface area is 184 Å². The van der Waals surface area contributed by atoms with E-state index in [1.807, 2.05) is 66.0 Å². The van der Waals surface area contributed by atoms with Crippen molar-refractivity contribution in [3.63, 3.8) is 0 Å². The van der Waals surface area contributed by atoms with Crippen LogP contribution in [-0.4, -0.2) is 39.4 Å². The number of carbonyl (C=O) groups excluding carboxylic acids is 2. The molecule has 2 heterocycles. The van der Waals surface area contributed by atoms with Gasteiger partial charge in [-0.05, 0) is 12.0 Å². The maximum Gasteiger partial charge on any atom is 0.244 e. The topological polar surface area (TPSA) is 62.3 Å². The number of rotatable bonds is 7. The highest BCUT2D eigenvalue weighted by atomic mass is 32.2. The molecule has 30 heavy (non-hydrogen) atoms. The van der Waals surface area contributed by atoms with Crippen LogP contribution < -0.4 is 5.32 Å². The molecule has 1 aromatic heterocycles. The zero-order chi connectivity index (χ0) is 20.8. The normalized spacial score (nSPS) is 15.9. The van der Waals surface area contributed by atoms with Gasteiger partial charge in [-0.2, -0.15) is 0 Å². The third-order valence-corrected chi connectivity index (χ3v) is 6.94. The minimum atomic E-state index is -0.412. The molecule has 1 saturated heterocycles. The summed E-state index contributed by atoms with van der Waals surface area (Å²) in [6.45, 7) is 0.370. The lowest BCUT2D eigenvalue weighted by Gasteiger charge is -2.23. The third-order valence-electron chi connectivity index (χ3n) is 4.99. The van der Waals surface area contributed by atoms with E-state index in [1.165, 1.54) is 0 Å². The van der Waals surface area contributed by atoms with Gasteiger partial charge in [-0.1, -0.05) is 60.7 Å². The maximum absolute atomic E-state index is 12.7. The number of thioether (sulfide) groups is 1. The van der Waals surface area contributed by atoms with Gasteiger partial charge in [-0.15, -0.1) is 23.1 Å². The zero-order valence-electron chi connectivity index (χ0n) is 16.5. The second kappa shape index (κ2) is 9.91. The lowest BCUT2D eigenvalue weighted by Crippen LogP contribution is -2.47. The smallest absolute Gasteiger partial charge is 0.244 e. The number of carbonyl (C=O) groups is 2. The van der Waals surface area contributed by atoms with Crippen LogP contribution in [-0.2, 0) is 22.6 Å². The molecule has 1 fully saturated rings. The van der Waals surface area contributed by atoms with Gasteiger partial charge >= 0.3 is 0 Å². The average Bonchev–Trinajstić information content (AvgIpc) is 3.47. The molecule has 1 aliphatic rings. The predicted molar refractivity (Wildman–Crippen MR) is 122 cm³/mol. The highest BCUT2D eigenvalue weighted by Crippen LogP contribution is 2.24. The van der Waals surface area contributed by atoms with Crippen LogP contribution in [0.4, 0.5) is 0 Å². The Morgan fingerprint density at radius 3 is 2.57 bits per heavy atom. The second-order valence-electron chi connectivity index (χ2n) is 7.09. The summed E-state index contributed by atoms with van der Waals surface area (Å²) in [4.78, 5) is 31.8. The molecule has 3 aromatic rings. The minimum absolute atomic E-state index is 0.0315. The second-order valence-corrected chi connectivity index (χ2v) is 8.95. The van der Waals surface area contributed by atoms with E-state index in [0.717, 1.165) is 21.8 Å². The highest BCUT2D eigenvalue weighted by Gasteiger charge is 2.34. The van der Waals surface area contributed by atoms with Crippen LogP contribution in [0.3, 0.4) is 0 Å². The molecule has 2 aromatic carbocycles. The first-order chi connectivity index (χ1) is 14.7. The lowest BCUT2D eigenvalue weighted by atomic mass is 10.1. The fourth-order valence-corrected chi connectivity index (χ4v) is 5.35. The number of aryl methyl sites for hydroxylation is 1. The highest BCUT2D eigenvalue weighted by molar-refractivity contribution is 7.99. The van der Waals surface area contributed by atoms with Crippen LogP contribution in [0.2, 0.25) is 0 Å². The summed E-state index contributed by atoms with van der Waals surface area (Å²) in [5, 5.41) is 5.87. The standard InChI is InChI=1S/C23H23N3O2S2/c27-21(12-11-17-7-3-1-4-8-17)26-16-29-15-20(26)22(28)24-13-19-14-30-23(25-19)18-9-5-2-6-10-18/h1-10,14,20H,11-13,15-16H2,(H,24,28)/t20-/m1/s1. The summed E-state index contributed by atoms with van der Waals surface area (Å²) in [5.74, 6) is 1.13. The van der Waals surface area contributed by atoms with Crippen LogP contribution in [0.5, 0.6) is 0 Å². The van der Waals surface area contributed by atoms with Crippen molar-refractivity contribution >= 4 is 34.9 Å². The van der Waals surface area contributed by atoms with Gasteiger partial charge in [-0.25, -0.2) is 4.98 Å².